The Morgan fingerprint density at radius 1 is 1.12 bits per heavy atom. The Labute approximate surface area is 149 Å². The molecule has 0 fully saturated rings. The maximum atomic E-state index is 9.78. The Morgan fingerprint density at radius 2 is 1.92 bits per heavy atom. The standard InChI is InChI=1S/C20H27N3O2/c1-4-21-20(23-14-17-9-7-6-8-15(17)3)22-13-16-10-11-18(24)19(12-16)25-5-2/h6-12,24H,4-5,13-14H2,1-3H3,(H2,21,22,23). The molecule has 0 aliphatic heterocycles. The number of phenolic OH excluding ortho intramolecular Hbond substituents is 1. The van der Waals surface area contributed by atoms with Crippen LogP contribution in [0.4, 0.5) is 0 Å². The van der Waals surface area contributed by atoms with Gasteiger partial charge < -0.3 is 20.5 Å². The van der Waals surface area contributed by atoms with Crippen molar-refractivity contribution in [2.45, 2.75) is 33.9 Å². The normalized spacial score (nSPS) is 11.2. The summed E-state index contributed by atoms with van der Waals surface area (Å²) in [6.07, 6.45) is 0. The van der Waals surface area contributed by atoms with Crippen molar-refractivity contribution in [3.05, 3.63) is 59.2 Å². The Hall–Kier alpha value is -2.69. The molecule has 134 valence electrons. The van der Waals surface area contributed by atoms with E-state index in [1.165, 1.54) is 11.1 Å². The van der Waals surface area contributed by atoms with Gasteiger partial charge in [0.25, 0.3) is 0 Å². The lowest BCUT2D eigenvalue weighted by Crippen LogP contribution is -2.36. The number of aryl methyl sites for hydroxylation is 1. The number of aromatic hydroxyl groups is 1. The van der Waals surface area contributed by atoms with Gasteiger partial charge in [-0.25, -0.2) is 4.99 Å². The van der Waals surface area contributed by atoms with Gasteiger partial charge in [-0.05, 0) is 49.6 Å². The topological polar surface area (TPSA) is 65.9 Å². The highest BCUT2D eigenvalue weighted by Gasteiger charge is 2.04. The highest BCUT2D eigenvalue weighted by molar-refractivity contribution is 5.79. The van der Waals surface area contributed by atoms with Crippen LogP contribution in [0.5, 0.6) is 11.5 Å². The van der Waals surface area contributed by atoms with Gasteiger partial charge in [0.15, 0.2) is 17.5 Å². The first-order valence-corrected chi connectivity index (χ1v) is 8.65. The van der Waals surface area contributed by atoms with Crippen LogP contribution in [-0.2, 0) is 13.1 Å². The van der Waals surface area contributed by atoms with Crippen LogP contribution in [0.1, 0.15) is 30.5 Å². The van der Waals surface area contributed by atoms with Crippen molar-refractivity contribution in [2.24, 2.45) is 4.99 Å². The van der Waals surface area contributed by atoms with Gasteiger partial charge in [0.05, 0.1) is 13.2 Å². The van der Waals surface area contributed by atoms with E-state index in [1.807, 2.05) is 38.1 Å². The molecule has 0 saturated heterocycles. The molecule has 2 aromatic rings. The average Bonchev–Trinajstić information content (AvgIpc) is 2.61. The minimum absolute atomic E-state index is 0.152. The summed E-state index contributed by atoms with van der Waals surface area (Å²) in [6, 6.07) is 13.6. The summed E-state index contributed by atoms with van der Waals surface area (Å²) in [5.74, 6) is 1.41. The number of rotatable bonds is 7. The molecule has 0 unspecified atom stereocenters. The van der Waals surface area contributed by atoms with Gasteiger partial charge in [0.1, 0.15) is 0 Å². The minimum atomic E-state index is 0.152. The minimum Gasteiger partial charge on any atom is -0.504 e. The lowest BCUT2D eigenvalue weighted by molar-refractivity contribution is 0.318. The molecule has 2 rings (SSSR count). The summed E-state index contributed by atoms with van der Waals surface area (Å²) in [5.41, 5.74) is 3.48. The lowest BCUT2D eigenvalue weighted by Gasteiger charge is -2.13. The number of ether oxygens (including phenoxy) is 1. The van der Waals surface area contributed by atoms with Gasteiger partial charge in [-0.2, -0.15) is 0 Å². The van der Waals surface area contributed by atoms with Crippen LogP contribution in [0.2, 0.25) is 0 Å². The van der Waals surface area contributed by atoms with E-state index in [1.54, 1.807) is 6.07 Å². The highest BCUT2D eigenvalue weighted by Crippen LogP contribution is 2.27. The van der Waals surface area contributed by atoms with E-state index in [0.29, 0.717) is 18.9 Å². The number of nitrogens with one attached hydrogen (secondary N) is 2. The number of nitrogens with zero attached hydrogens (tertiary/aromatic N) is 1. The molecule has 3 N–H and O–H groups in total. The van der Waals surface area contributed by atoms with Crippen LogP contribution >= 0.6 is 0 Å². The fourth-order valence-electron chi connectivity index (χ4n) is 2.43. The van der Waals surface area contributed by atoms with Crippen molar-refractivity contribution in [2.75, 3.05) is 13.2 Å². The van der Waals surface area contributed by atoms with Crippen LogP contribution < -0.4 is 15.4 Å². The quantitative estimate of drug-likeness (QED) is 0.534. The smallest absolute Gasteiger partial charge is 0.191 e. The number of aliphatic imine (C=N–C) groups is 1. The van der Waals surface area contributed by atoms with Crippen LogP contribution in [0.25, 0.3) is 0 Å². The zero-order valence-corrected chi connectivity index (χ0v) is 15.2. The molecule has 25 heavy (non-hydrogen) atoms. The zero-order chi connectivity index (χ0) is 18.1. The third kappa shape index (κ3) is 5.71. The first-order valence-electron chi connectivity index (χ1n) is 8.65. The molecule has 0 aromatic heterocycles. The molecule has 0 heterocycles. The summed E-state index contributed by atoms with van der Waals surface area (Å²) < 4.78 is 5.42. The number of hydrogen-bond acceptors (Lipinski definition) is 3. The van der Waals surface area contributed by atoms with E-state index in [-0.39, 0.29) is 5.75 Å². The fourth-order valence-corrected chi connectivity index (χ4v) is 2.43. The maximum Gasteiger partial charge on any atom is 0.191 e. The summed E-state index contributed by atoms with van der Waals surface area (Å²) in [6.45, 7) is 8.57. The molecule has 0 bridgehead atoms. The molecular weight excluding hydrogens is 314 g/mol. The van der Waals surface area contributed by atoms with E-state index in [4.69, 9.17) is 4.74 Å². The summed E-state index contributed by atoms with van der Waals surface area (Å²) in [5, 5.41) is 16.4. The third-order valence-corrected chi connectivity index (χ3v) is 3.80. The second kappa shape index (κ2) is 9.57. The number of guanidine groups is 1. The predicted octanol–water partition coefficient (Wildman–Crippen LogP) is 3.35. The average molecular weight is 341 g/mol. The van der Waals surface area contributed by atoms with E-state index in [2.05, 4.69) is 34.7 Å². The van der Waals surface area contributed by atoms with E-state index >= 15 is 0 Å². The third-order valence-electron chi connectivity index (χ3n) is 3.80. The molecule has 0 aliphatic carbocycles. The van der Waals surface area contributed by atoms with E-state index in [9.17, 15) is 5.11 Å². The van der Waals surface area contributed by atoms with Crippen LogP contribution in [-0.4, -0.2) is 24.2 Å². The van der Waals surface area contributed by atoms with Crippen LogP contribution in [0, 0.1) is 6.92 Å². The molecule has 0 radical (unpaired) electrons. The second-order valence-corrected chi connectivity index (χ2v) is 5.71. The first kappa shape index (κ1) is 18.6. The van der Waals surface area contributed by atoms with Gasteiger partial charge in [-0.3, -0.25) is 0 Å². The zero-order valence-electron chi connectivity index (χ0n) is 15.2. The van der Waals surface area contributed by atoms with Gasteiger partial charge in [-0.1, -0.05) is 30.3 Å². The maximum absolute atomic E-state index is 9.78. The van der Waals surface area contributed by atoms with E-state index in [0.717, 1.165) is 24.6 Å². The SMILES string of the molecule is CCNC(=NCc1ccc(O)c(OCC)c1)NCc1ccccc1C. The van der Waals surface area contributed by atoms with Crippen LogP contribution in [0.3, 0.4) is 0 Å². The van der Waals surface area contributed by atoms with Crippen molar-refractivity contribution in [1.29, 1.82) is 0 Å². The lowest BCUT2D eigenvalue weighted by atomic mass is 10.1. The van der Waals surface area contributed by atoms with E-state index < -0.39 is 0 Å². The number of phenols is 1. The second-order valence-electron chi connectivity index (χ2n) is 5.71. The fraction of sp³-hybridized carbons (Fsp3) is 0.350. The van der Waals surface area contributed by atoms with Gasteiger partial charge >= 0.3 is 0 Å². The summed E-state index contributed by atoms with van der Waals surface area (Å²) in [4.78, 5) is 4.62. The van der Waals surface area contributed by atoms with Crippen LogP contribution in [0.15, 0.2) is 47.5 Å². The monoisotopic (exact) mass is 341 g/mol. The molecule has 0 spiro atoms. The number of hydrogen-bond donors (Lipinski definition) is 3. The molecule has 0 amide bonds. The van der Waals surface area contributed by atoms with Gasteiger partial charge in [-0.15, -0.1) is 0 Å². The molecule has 5 heteroatoms. The van der Waals surface area contributed by atoms with Crippen molar-refractivity contribution in [1.82, 2.24) is 10.6 Å². The largest absolute Gasteiger partial charge is 0.504 e. The molecule has 0 aliphatic rings. The van der Waals surface area contributed by atoms with Crippen molar-refractivity contribution >= 4 is 5.96 Å². The van der Waals surface area contributed by atoms with Gasteiger partial charge in [0, 0.05) is 13.1 Å². The first-order chi connectivity index (χ1) is 12.1. The predicted molar refractivity (Wildman–Crippen MR) is 102 cm³/mol. The Bertz CT molecular complexity index is 714. The van der Waals surface area contributed by atoms with Crippen molar-refractivity contribution in [3.63, 3.8) is 0 Å². The summed E-state index contributed by atoms with van der Waals surface area (Å²) >= 11 is 0. The Kier molecular flexibility index (Phi) is 7.14. The Morgan fingerprint density at radius 3 is 2.64 bits per heavy atom. The highest BCUT2D eigenvalue weighted by atomic mass is 16.5. The molecular formula is C20H27N3O2. The van der Waals surface area contributed by atoms with Crippen molar-refractivity contribution < 1.29 is 9.84 Å². The number of benzene rings is 2. The molecule has 0 atom stereocenters. The Balaban J connectivity index is 2.04. The van der Waals surface area contributed by atoms with Gasteiger partial charge in [0.2, 0.25) is 0 Å². The molecule has 0 saturated carbocycles. The summed E-state index contributed by atoms with van der Waals surface area (Å²) in [7, 11) is 0. The molecule has 2 aromatic carbocycles. The molecule has 5 nitrogen and oxygen atoms in total. The van der Waals surface area contributed by atoms with Crippen molar-refractivity contribution in [3.8, 4) is 11.5 Å².